The molecule has 0 amide bonds. The minimum absolute atomic E-state index is 0.257. The van der Waals surface area contributed by atoms with E-state index >= 15 is 0 Å². The van der Waals surface area contributed by atoms with Gasteiger partial charge in [0.1, 0.15) is 17.3 Å². The van der Waals surface area contributed by atoms with Gasteiger partial charge in [-0.05, 0) is 74.2 Å². The van der Waals surface area contributed by atoms with Gasteiger partial charge in [0.15, 0.2) is 5.13 Å². The molecule has 0 atom stereocenters. The Kier molecular flexibility index (Phi) is 7.68. The third kappa shape index (κ3) is 5.63. The average Bonchev–Trinajstić information content (AvgIpc) is 3.29. The first-order valence-corrected chi connectivity index (χ1v) is 13.5. The van der Waals surface area contributed by atoms with Gasteiger partial charge >= 0.3 is 0 Å². The van der Waals surface area contributed by atoms with Gasteiger partial charge in [0.2, 0.25) is 0 Å². The topological polar surface area (TPSA) is 46.6 Å². The highest BCUT2D eigenvalue weighted by Crippen LogP contribution is 2.40. The molecule has 2 heterocycles. The van der Waals surface area contributed by atoms with E-state index in [0.717, 1.165) is 71.3 Å². The third-order valence-corrected chi connectivity index (χ3v) is 7.44. The number of aromatic nitrogens is 1. The van der Waals surface area contributed by atoms with Crippen molar-refractivity contribution in [2.45, 2.75) is 39.3 Å². The Morgan fingerprint density at radius 3 is 2.28 bits per heavy atom. The van der Waals surface area contributed by atoms with Gasteiger partial charge in [0, 0.05) is 25.7 Å². The standard InChI is InChI=1S/C29H32FN3O2S/c1-3-34-25-17-20(18-26(35-4-2)28(25)21-9-11-22(30)12-10-21)19-33-15-13-23(14-16-33)31-29-32-24-7-5-6-8-27(24)36-29/h5-12,17-18,23H,3-4,13-16,19H2,1-2H3,(H,31,32). The molecule has 3 aromatic carbocycles. The average molecular weight is 506 g/mol. The van der Waals surface area contributed by atoms with E-state index in [-0.39, 0.29) is 5.82 Å². The van der Waals surface area contributed by atoms with Crippen LogP contribution in [0.5, 0.6) is 11.5 Å². The van der Waals surface area contributed by atoms with E-state index in [2.05, 4.69) is 40.5 Å². The van der Waals surface area contributed by atoms with Gasteiger partial charge in [-0.3, -0.25) is 4.90 Å². The number of piperidine rings is 1. The van der Waals surface area contributed by atoms with E-state index in [4.69, 9.17) is 14.5 Å². The number of nitrogens with one attached hydrogen (secondary N) is 1. The molecule has 5 nitrogen and oxygen atoms in total. The van der Waals surface area contributed by atoms with Gasteiger partial charge in [0.05, 0.1) is 29.0 Å². The van der Waals surface area contributed by atoms with Gasteiger partial charge < -0.3 is 14.8 Å². The second-order valence-electron chi connectivity index (χ2n) is 9.02. The van der Waals surface area contributed by atoms with Crippen LogP contribution in [-0.2, 0) is 6.54 Å². The molecule has 0 bridgehead atoms. The van der Waals surface area contributed by atoms with Crippen molar-refractivity contribution in [1.82, 2.24) is 9.88 Å². The number of likely N-dealkylation sites (tertiary alicyclic amines) is 1. The first-order valence-electron chi connectivity index (χ1n) is 12.7. The lowest BCUT2D eigenvalue weighted by atomic mass is 9.99. The fourth-order valence-corrected chi connectivity index (χ4v) is 5.72. The van der Waals surface area contributed by atoms with Crippen LogP contribution < -0.4 is 14.8 Å². The van der Waals surface area contributed by atoms with Crippen molar-refractivity contribution in [1.29, 1.82) is 0 Å². The summed E-state index contributed by atoms with van der Waals surface area (Å²) in [4.78, 5) is 7.21. The smallest absolute Gasteiger partial charge is 0.184 e. The van der Waals surface area contributed by atoms with E-state index in [0.29, 0.717) is 19.3 Å². The van der Waals surface area contributed by atoms with Gasteiger partial charge in [-0.25, -0.2) is 9.37 Å². The molecule has 1 aromatic heterocycles. The summed E-state index contributed by atoms with van der Waals surface area (Å²) in [6.45, 7) is 7.90. The number of hydrogen-bond donors (Lipinski definition) is 1. The summed E-state index contributed by atoms with van der Waals surface area (Å²) in [5.74, 6) is 1.29. The minimum Gasteiger partial charge on any atom is -0.493 e. The zero-order valence-electron chi connectivity index (χ0n) is 20.8. The van der Waals surface area contributed by atoms with Crippen LogP contribution >= 0.6 is 11.3 Å². The normalized spacial score (nSPS) is 14.8. The zero-order chi connectivity index (χ0) is 24.9. The van der Waals surface area contributed by atoms with Crippen LogP contribution in [0.25, 0.3) is 21.3 Å². The summed E-state index contributed by atoms with van der Waals surface area (Å²) in [5, 5.41) is 4.66. The molecule has 0 unspecified atom stereocenters. The zero-order valence-corrected chi connectivity index (χ0v) is 21.6. The maximum Gasteiger partial charge on any atom is 0.184 e. The molecule has 1 N–H and O–H groups in total. The van der Waals surface area contributed by atoms with Crippen LogP contribution in [0.4, 0.5) is 9.52 Å². The van der Waals surface area contributed by atoms with Crippen LogP contribution in [0.15, 0.2) is 60.7 Å². The Balaban J connectivity index is 1.28. The summed E-state index contributed by atoms with van der Waals surface area (Å²) in [6, 6.07) is 19.4. The molecule has 188 valence electrons. The molecular formula is C29H32FN3O2S. The van der Waals surface area contributed by atoms with Crippen LogP contribution in [0.1, 0.15) is 32.3 Å². The number of nitrogens with zero attached hydrogens (tertiary/aromatic N) is 2. The highest BCUT2D eigenvalue weighted by Gasteiger charge is 2.22. The van der Waals surface area contributed by atoms with E-state index in [9.17, 15) is 4.39 Å². The quantitative estimate of drug-likeness (QED) is 0.266. The number of fused-ring (bicyclic) bond motifs is 1. The fourth-order valence-electron chi connectivity index (χ4n) is 4.78. The Labute approximate surface area is 215 Å². The van der Waals surface area contributed by atoms with E-state index in [1.54, 1.807) is 23.5 Å². The maximum atomic E-state index is 13.5. The molecule has 5 rings (SSSR count). The Hall–Kier alpha value is -3.16. The molecule has 1 aliphatic heterocycles. The molecule has 0 radical (unpaired) electrons. The van der Waals surface area contributed by atoms with Gasteiger partial charge in [-0.2, -0.15) is 0 Å². The monoisotopic (exact) mass is 505 g/mol. The molecule has 0 spiro atoms. The van der Waals surface area contributed by atoms with Crippen LogP contribution in [-0.4, -0.2) is 42.2 Å². The van der Waals surface area contributed by atoms with E-state index < -0.39 is 0 Å². The third-order valence-electron chi connectivity index (χ3n) is 6.47. The fraction of sp³-hybridized carbons (Fsp3) is 0.345. The number of ether oxygens (including phenoxy) is 2. The second-order valence-corrected chi connectivity index (χ2v) is 10.1. The molecule has 1 saturated heterocycles. The second kappa shape index (κ2) is 11.3. The van der Waals surface area contributed by atoms with Crippen LogP contribution in [0.3, 0.4) is 0 Å². The van der Waals surface area contributed by atoms with Crippen molar-refractivity contribution < 1.29 is 13.9 Å². The lowest BCUT2D eigenvalue weighted by Crippen LogP contribution is -2.38. The highest BCUT2D eigenvalue weighted by molar-refractivity contribution is 7.22. The van der Waals surface area contributed by atoms with Crippen molar-refractivity contribution >= 4 is 26.7 Å². The molecule has 1 aliphatic rings. The molecule has 7 heteroatoms. The molecule has 0 saturated carbocycles. The number of thiazole rings is 1. The summed E-state index contributed by atoms with van der Waals surface area (Å²) in [7, 11) is 0. The Morgan fingerprint density at radius 2 is 1.64 bits per heavy atom. The number of halogens is 1. The van der Waals surface area contributed by atoms with E-state index in [1.807, 2.05) is 19.9 Å². The molecule has 4 aromatic rings. The van der Waals surface area contributed by atoms with Gasteiger partial charge in [-0.15, -0.1) is 0 Å². The number of para-hydroxylation sites is 1. The first-order chi connectivity index (χ1) is 17.6. The summed E-state index contributed by atoms with van der Waals surface area (Å²) < 4.78 is 26.8. The van der Waals surface area contributed by atoms with Crippen molar-refractivity contribution in [2.75, 3.05) is 31.6 Å². The first kappa shape index (κ1) is 24.5. The van der Waals surface area contributed by atoms with Crippen LogP contribution in [0, 0.1) is 5.82 Å². The van der Waals surface area contributed by atoms with Gasteiger partial charge in [0.25, 0.3) is 0 Å². The minimum atomic E-state index is -0.257. The number of rotatable bonds is 9. The Bertz CT molecular complexity index is 1240. The number of hydrogen-bond acceptors (Lipinski definition) is 6. The number of benzene rings is 3. The summed E-state index contributed by atoms with van der Waals surface area (Å²) in [5.41, 5.74) is 3.98. The Morgan fingerprint density at radius 1 is 0.972 bits per heavy atom. The summed E-state index contributed by atoms with van der Waals surface area (Å²) in [6.07, 6.45) is 2.14. The SMILES string of the molecule is CCOc1cc(CN2CCC(Nc3nc4ccccc4s3)CC2)cc(OCC)c1-c1ccc(F)cc1. The molecule has 36 heavy (non-hydrogen) atoms. The lowest BCUT2D eigenvalue weighted by Gasteiger charge is -2.32. The molecule has 1 fully saturated rings. The number of anilines is 1. The van der Waals surface area contributed by atoms with Crippen LogP contribution in [0.2, 0.25) is 0 Å². The van der Waals surface area contributed by atoms with Gasteiger partial charge in [-0.1, -0.05) is 35.6 Å². The van der Waals surface area contributed by atoms with Crippen molar-refractivity contribution in [3.63, 3.8) is 0 Å². The highest BCUT2D eigenvalue weighted by atomic mass is 32.1. The maximum absolute atomic E-state index is 13.5. The van der Waals surface area contributed by atoms with Crippen molar-refractivity contribution in [3.8, 4) is 22.6 Å². The molecule has 0 aliphatic carbocycles. The lowest BCUT2D eigenvalue weighted by molar-refractivity contribution is 0.210. The summed E-state index contributed by atoms with van der Waals surface area (Å²) >= 11 is 1.72. The largest absolute Gasteiger partial charge is 0.493 e. The van der Waals surface area contributed by atoms with Crippen molar-refractivity contribution in [3.05, 3.63) is 72.0 Å². The van der Waals surface area contributed by atoms with Crippen molar-refractivity contribution in [2.24, 2.45) is 0 Å². The predicted octanol–water partition coefficient (Wildman–Crippen LogP) is 6.98. The molecular weight excluding hydrogens is 473 g/mol. The predicted molar refractivity (Wildman–Crippen MR) is 146 cm³/mol. The van der Waals surface area contributed by atoms with E-state index in [1.165, 1.54) is 16.8 Å².